The summed E-state index contributed by atoms with van der Waals surface area (Å²) in [5.41, 5.74) is 21.7. The van der Waals surface area contributed by atoms with Crippen LogP contribution in [0.25, 0.3) is 207 Å². The molecule has 2 N–H and O–H groups in total. The molecule has 677 valence electrons. The van der Waals surface area contributed by atoms with E-state index >= 15 is 0 Å². The molecule has 0 saturated heterocycles. The number of rotatable bonds is 10. The molecule has 0 radical (unpaired) electrons. The third-order valence-corrected chi connectivity index (χ3v) is 23.6. The van der Waals surface area contributed by atoms with E-state index in [4.69, 9.17) is 128 Å². The third kappa shape index (κ3) is 19.7. The van der Waals surface area contributed by atoms with Gasteiger partial charge in [0.2, 0.25) is 22.8 Å². The zero-order valence-corrected chi connectivity index (χ0v) is 81.9. The quantitative estimate of drug-likeness (QED) is 0.0763. The van der Waals surface area contributed by atoms with Crippen LogP contribution in [0, 0.1) is 44.2 Å². The Labute approximate surface area is 839 Å². The predicted molar refractivity (Wildman–Crippen MR) is 579 cm³/mol. The van der Waals surface area contributed by atoms with Crippen LogP contribution in [0.15, 0.2) is 364 Å². The number of aromatic nitrogens is 11. The Morgan fingerprint density at radius 2 is 0.500 bits per heavy atom. The molecule has 0 aliphatic carbocycles. The van der Waals surface area contributed by atoms with Gasteiger partial charge in [-0.25, -0.2) is 4.98 Å². The molecule has 8 heterocycles. The average Bonchev–Trinajstić information content (AvgIpc) is 1.59. The molecule has 0 bridgehead atoms. The van der Waals surface area contributed by atoms with Crippen LogP contribution in [0.3, 0.4) is 0 Å². The number of benzene rings is 15. The molecule has 19 nitrogen and oxygen atoms in total. The van der Waals surface area contributed by atoms with E-state index in [9.17, 15) is 10.0 Å². The molecule has 0 amide bonds. The minimum atomic E-state index is -4.26. The zero-order chi connectivity index (χ0) is 96.8. The summed E-state index contributed by atoms with van der Waals surface area (Å²) in [7, 11) is 24.1. The van der Waals surface area contributed by atoms with Crippen molar-refractivity contribution in [1.82, 2.24) is 52.7 Å². The predicted octanol–water partition coefficient (Wildman–Crippen LogP) is 32.6. The van der Waals surface area contributed by atoms with Gasteiger partial charge in [-0.2, -0.15) is 5.26 Å². The minimum absolute atomic E-state index is 0. The fourth-order valence-electron chi connectivity index (χ4n) is 17.4. The van der Waals surface area contributed by atoms with Gasteiger partial charge >= 0.3 is 69.6 Å². The Balaban J connectivity index is 0.000000136. The Bertz CT molecular complexity index is 8210. The van der Waals surface area contributed by atoms with E-state index in [1.165, 1.54) is 0 Å². The van der Waals surface area contributed by atoms with Gasteiger partial charge in [-0.3, -0.25) is 0 Å². The summed E-state index contributed by atoms with van der Waals surface area (Å²) in [5.74, 6) is -0.162. The number of nitriles is 1. The molecule has 15 aromatic carbocycles. The van der Waals surface area contributed by atoms with E-state index in [2.05, 4.69) is 272 Å². The van der Waals surface area contributed by atoms with Gasteiger partial charge in [0.25, 0.3) is 28.4 Å². The van der Waals surface area contributed by atoms with Crippen LogP contribution < -0.4 is 5.46 Å². The van der Waals surface area contributed by atoms with Crippen molar-refractivity contribution >= 4 is 238 Å². The first-order valence-electron chi connectivity index (χ1n) is 42.6. The molecule has 0 fully saturated rings. The van der Waals surface area contributed by atoms with Crippen LogP contribution >= 0.6 is 87.5 Å². The molecule has 23 rings (SSSR count). The van der Waals surface area contributed by atoms with Crippen molar-refractivity contribution in [1.29, 1.82) is 5.26 Å². The van der Waals surface area contributed by atoms with Gasteiger partial charge < -0.3 is 74.3 Å². The Morgan fingerprint density at radius 1 is 0.300 bits per heavy atom. The van der Waals surface area contributed by atoms with Crippen molar-refractivity contribution < 1.29 is 19.7 Å². The molecular formula is C110H70BCl7MoN17O2P2-2. The summed E-state index contributed by atoms with van der Waals surface area (Å²) in [6, 6.07) is 125. The van der Waals surface area contributed by atoms with Gasteiger partial charge in [0, 0.05) is 105 Å². The first-order valence-corrected chi connectivity index (χ1v) is 59.0. The Hall–Kier alpha value is -15.0. The molecule has 23 aromatic rings. The SMILES string of the molecule is C.CP[P-2].OB(O)c1ccc2c3ccccc3n(-c3ccccc3)c2c1.[C-]#[N+]c1nc(-c2ccc3c4ccccc4n(-c4ccccc4)c3c2)c(-c2ccc3c4ccccc4n(-c4ccccc4)c3c2)nc1[N+]#[C-].[C-]#[N+]c1nc(-c2ccc3c4ccccc4n(-c4ccccc4)c3c2)c(-c2ccc3c4ccccc4n(-c4ccccc4)c3c2)nc1[N+]#[C-].[C-]#[N+]c1nc(Cl)c(Cl)nc1C#N.[Cl][Mo]([Cl])([Cl])([Cl])[Cl]. The van der Waals surface area contributed by atoms with E-state index in [1.807, 2.05) is 158 Å². The van der Waals surface area contributed by atoms with E-state index in [-0.39, 0.29) is 52.5 Å². The van der Waals surface area contributed by atoms with Gasteiger partial charge in [-0.15, -0.1) is 31.6 Å². The fraction of sp³-hybridized carbons (Fsp3) is 0.0182. The van der Waals surface area contributed by atoms with Crippen molar-refractivity contribution in [2.45, 2.75) is 7.43 Å². The maximum atomic E-state index is 9.47. The standard InChI is InChI=1S/2C42H24N6.C18H14BNO2.C6Cl2N4.CH4P2.CH4.5ClH.Mo/c2*1-43-41-42(44-2)46-40(28-22-24-34-32-18-10-12-20-36(32)48(38(34)26-28)30-15-7-4-8-16-30)39(45-41)27-21-23-33-31-17-9-11-19-35(31)47(37(33)25-27)29-13-5-3-6-14-29;21-19(22)13-10-11-16-15-8-4-5-9-17(15)20(18(16)12-13)14-6-2-1-3-7-14;1-10-6-3(2-9)11-4(7)5(8)12-6;1-3-2;;;;;;;/h2*3-26H;1-12,21-22H;;3H,1H3;1H4;5*1H;/q;;;;-2;;;;;;;+5/p-5. The number of para-hydroxylation sites is 10. The van der Waals surface area contributed by atoms with Crippen molar-refractivity contribution in [3.05, 3.63) is 437 Å². The molecule has 0 saturated carbocycles. The zero-order valence-electron chi connectivity index (χ0n) is 72.7. The molecule has 8 aromatic heterocycles. The van der Waals surface area contributed by atoms with E-state index in [0.717, 1.165) is 168 Å². The summed E-state index contributed by atoms with van der Waals surface area (Å²) < 4.78 is 11.2. The number of fused-ring (bicyclic) bond motifs is 15. The van der Waals surface area contributed by atoms with E-state index in [1.54, 1.807) is 12.1 Å². The summed E-state index contributed by atoms with van der Waals surface area (Å²) in [6.07, 6.45) is 0. The molecule has 30 heteroatoms. The second-order valence-electron chi connectivity index (χ2n) is 31.1. The molecule has 140 heavy (non-hydrogen) atoms. The molecule has 0 aliphatic rings. The van der Waals surface area contributed by atoms with Crippen LogP contribution in [0.4, 0.5) is 29.1 Å². The summed E-state index contributed by atoms with van der Waals surface area (Å²) in [6.45, 7) is 40.0. The number of halogens is 7. The summed E-state index contributed by atoms with van der Waals surface area (Å²) in [4.78, 5) is 43.8. The molecule has 0 spiro atoms. The number of hydrogen-bond acceptors (Lipinski definition) is 9. The second kappa shape index (κ2) is 41.8. The molecular weight excluding hydrogens is 2010 g/mol. The first-order chi connectivity index (χ1) is 67.5. The normalized spacial score (nSPS) is 11.3. The van der Waals surface area contributed by atoms with Gasteiger partial charge in [0.1, 0.15) is 6.07 Å². The van der Waals surface area contributed by atoms with Gasteiger partial charge in [0.05, 0.1) is 55.2 Å². The fourth-order valence-corrected chi connectivity index (χ4v) is 17.6. The average molecular weight is 2080 g/mol. The van der Waals surface area contributed by atoms with Gasteiger partial charge in [0.15, 0.2) is 10.8 Å². The summed E-state index contributed by atoms with van der Waals surface area (Å²) in [5, 5.41) is 38.6. The first kappa shape index (κ1) is 96.7. The summed E-state index contributed by atoms with van der Waals surface area (Å²) >= 11 is 10.9. The number of hydrogen-bond donors (Lipinski definition) is 2. The van der Waals surface area contributed by atoms with Gasteiger partial charge in [-0.05, 0) is 163 Å². The molecule has 1 atom stereocenters. The Morgan fingerprint density at radius 3 is 0.721 bits per heavy atom. The second-order valence-corrected chi connectivity index (χ2v) is 64.1. The number of nitrogens with zero attached hydrogens (tertiary/aromatic N) is 17. The van der Waals surface area contributed by atoms with Crippen molar-refractivity contribution in [3.8, 4) is 79.5 Å². The van der Waals surface area contributed by atoms with Crippen LogP contribution in [-0.2, 0) is 9.60 Å². The van der Waals surface area contributed by atoms with E-state index in [0.29, 0.717) is 28.2 Å². The van der Waals surface area contributed by atoms with Crippen molar-refractivity contribution in [2.24, 2.45) is 0 Å². The molecule has 0 aliphatic heterocycles. The molecule has 1 unspecified atom stereocenters. The van der Waals surface area contributed by atoms with Crippen LogP contribution in [0.2, 0.25) is 10.3 Å². The van der Waals surface area contributed by atoms with E-state index < -0.39 is 16.7 Å². The Kier molecular flexibility index (Phi) is 28.9. The van der Waals surface area contributed by atoms with Crippen LogP contribution in [0.1, 0.15) is 13.1 Å². The monoisotopic (exact) mass is 2080 g/mol. The third-order valence-electron chi connectivity index (χ3n) is 23.0. The van der Waals surface area contributed by atoms with Crippen molar-refractivity contribution in [2.75, 3.05) is 6.66 Å². The van der Waals surface area contributed by atoms with Crippen LogP contribution in [0.5, 0.6) is 0 Å². The van der Waals surface area contributed by atoms with Crippen LogP contribution in [-0.4, -0.2) is 76.6 Å². The maximum absolute atomic E-state index is 9.47. The van der Waals surface area contributed by atoms with Gasteiger partial charge in [-0.1, -0.05) is 270 Å². The van der Waals surface area contributed by atoms with Crippen molar-refractivity contribution in [3.63, 3.8) is 0 Å². The topological polar surface area (TPSA) is 188 Å².